The van der Waals surface area contributed by atoms with Crippen LogP contribution in [0.25, 0.3) is 0 Å². The number of carboxylic acid groups (broad SMARTS) is 2. The number of aliphatic hydroxyl groups is 4. The lowest BCUT2D eigenvalue weighted by molar-refractivity contribution is -0.239. The van der Waals surface area contributed by atoms with Crippen molar-refractivity contribution >= 4 is 35.7 Å². The van der Waals surface area contributed by atoms with E-state index in [1.807, 2.05) is 30.3 Å². The van der Waals surface area contributed by atoms with Crippen molar-refractivity contribution in [1.29, 1.82) is 0 Å². The van der Waals surface area contributed by atoms with Crippen molar-refractivity contribution in [3.63, 3.8) is 0 Å². The highest BCUT2D eigenvalue weighted by atomic mass is 16.7. The zero-order valence-corrected chi connectivity index (χ0v) is 45.0. The number of aromatic amines is 1. The molecule has 80 heavy (non-hydrogen) atoms. The quantitative estimate of drug-likeness (QED) is 0.0319. The number of rotatable bonds is 28. The second kappa shape index (κ2) is 29.0. The Hall–Kier alpha value is -6.86. The van der Waals surface area contributed by atoms with Crippen molar-refractivity contribution in [1.82, 2.24) is 46.4 Å². The van der Waals surface area contributed by atoms with Gasteiger partial charge in [-0.05, 0) is 35.8 Å². The molecule has 4 amide bonds. The van der Waals surface area contributed by atoms with E-state index in [0.717, 1.165) is 22.4 Å². The fourth-order valence-electron chi connectivity index (χ4n) is 9.73. The Morgan fingerprint density at radius 3 is 2.12 bits per heavy atom. The summed E-state index contributed by atoms with van der Waals surface area (Å²) in [6, 6.07) is 10.8. The third kappa shape index (κ3) is 16.2. The van der Waals surface area contributed by atoms with Gasteiger partial charge in [0, 0.05) is 58.6 Å². The van der Waals surface area contributed by atoms with Gasteiger partial charge in [-0.1, -0.05) is 88.4 Å². The Morgan fingerprint density at radius 2 is 1.52 bits per heavy atom. The number of amides is 4. The van der Waals surface area contributed by atoms with E-state index >= 15 is 0 Å². The standard InChI is InChI=1S/C52H75N11O17/c1-26(2)33(47(71)72)60-51(75)61-34(30-17-20-56-50(53)57-30)45(70)59-35(37(65)27(3)4)44(69)55-19-12-21-62(25-29-15-10-7-11-16-29)36(48(73)74)41(42-39(67)40(68)46(79-42)63-22-18-32(64)58-52(63)76)80-49-43(77-5)38(66)31(78-49)24-54-23-28-13-8-6-9-14-28/h6-11,13-16,18,22,26-27,30-31,33-43,46,49,54,65-68H,12,17,19-21,23-25H2,1-5H3,(H,55,69)(H,59,70)(H,71,72)(H,73,74)(H3,53,56,57)(H,58,64,76)(H2,60,61,75)/t30?,31-,33?,34?,35?,36?,37?,38+,39-,40-,41?,42+,43+,46-,49?/m1/s1. The van der Waals surface area contributed by atoms with Crippen LogP contribution in [0.4, 0.5) is 4.79 Å². The number of nitrogens with zero attached hydrogens (tertiary/aromatic N) is 3. The summed E-state index contributed by atoms with van der Waals surface area (Å²) in [4.78, 5) is 100. The molecule has 3 aliphatic rings. The number of hydrogen-bond acceptors (Lipinski definition) is 20. The number of nitrogens with one attached hydrogen (secondary N) is 7. The fourth-order valence-corrected chi connectivity index (χ4v) is 9.73. The first-order valence-corrected chi connectivity index (χ1v) is 26.3. The minimum Gasteiger partial charge on any atom is -0.480 e. The second-order valence-electron chi connectivity index (χ2n) is 20.5. The van der Waals surface area contributed by atoms with Crippen LogP contribution < -0.4 is 48.9 Å². The minimum absolute atomic E-state index is 0.0241. The highest BCUT2D eigenvalue weighted by molar-refractivity contribution is 5.94. The molecule has 2 aromatic carbocycles. The Balaban J connectivity index is 1.27. The van der Waals surface area contributed by atoms with Crippen LogP contribution in [0.15, 0.2) is 87.5 Å². The van der Waals surface area contributed by atoms with Crippen molar-refractivity contribution in [2.45, 2.75) is 145 Å². The van der Waals surface area contributed by atoms with E-state index < -0.39 is 144 Å². The molecule has 0 spiro atoms. The molecule has 3 aromatic rings. The summed E-state index contributed by atoms with van der Waals surface area (Å²) >= 11 is 0. The number of guanidine groups is 1. The van der Waals surface area contributed by atoms with Gasteiger partial charge in [0.05, 0.1) is 12.1 Å². The number of benzene rings is 2. The van der Waals surface area contributed by atoms with Crippen LogP contribution in [-0.2, 0) is 51.2 Å². The van der Waals surface area contributed by atoms with Crippen molar-refractivity contribution in [2.75, 3.05) is 33.3 Å². The zero-order valence-electron chi connectivity index (χ0n) is 45.0. The molecule has 8 unspecified atom stereocenters. The first-order chi connectivity index (χ1) is 38.1. The fraction of sp³-hybridized carbons (Fsp3) is 0.577. The van der Waals surface area contributed by atoms with E-state index in [-0.39, 0.29) is 51.5 Å². The Kier molecular flexibility index (Phi) is 22.6. The van der Waals surface area contributed by atoms with Crippen LogP contribution in [0, 0.1) is 11.8 Å². The molecule has 28 heteroatoms. The summed E-state index contributed by atoms with van der Waals surface area (Å²) in [6.45, 7) is 6.51. The van der Waals surface area contributed by atoms with Gasteiger partial charge < -0.3 is 87.2 Å². The Morgan fingerprint density at radius 1 is 0.850 bits per heavy atom. The van der Waals surface area contributed by atoms with Gasteiger partial charge in [-0.25, -0.2) is 14.4 Å². The van der Waals surface area contributed by atoms with Crippen molar-refractivity contribution in [3.05, 3.63) is 105 Å². The summed E-state index contributed by atoms with van der Waals surface area (Å²) in [5, 5.41) is 83.4. The van der Waals surface area contributed by atoms with Crippen molar-refractivity contribution in [3.8, 4) is 0 Å². The number of aliphatic hydroxyl groups excluding tert-OH is 4. The molecule has 15 N–H and O–H groups in total. The highest BCUT2D eigenvalue weighted by Gasteiger charge is 2.55. The average Bonchev–Trinajstić information content (AvgIpc) is 3.93. The van der Waals surface area contributed by atoms with Crippen LogP contribution in [0.3, 0.4) is 0 Å². The van der Waals surface area contributed by atoms with E-state index in [1.54, 1.807) is 58.0 Å². The molecule has 3 aliphatic heterocycles. The molecule has 15 atom stereocenters. The molecule has 440 valence electrons. The summed E-state index contributed by atoms with van der Waals surface area (Å²) in [5.74, 6) is -5.85. The first kappa shape index (κ1) is 62.3. The van der Waals surface area contributed by atoms with E-state index in [1.165, 1.54) is 12.0 Å². The number of carbonyl (C=O) groups excluding carboxylic acids is 3. The third-order valence-electron chi connectivity index (χ3n) is 14.1. The van der Waals surface area contributed by atoms with Gasteiger partial charge in [-0.15, -0.1) is 0 Å². The summed E-state index contributed by atoms with van der Waals surface area (Å²) in [6.07, 6.45) is -14.5. The van der Waals surface area contributed by atoms with Crippen LogP contribution in [-0.4, -0.2) is 199 Å². The predicted molar refractivity (Wildman–Crippen MR) is 284 cm³/mol. The van der Waals surface area contributed by atoms with Gasteiger partial charge >= 0.3 is 23.7 Å². The third-order valence-corrected chi connectivity index (χ3v) is 14.1. The normalized spacial score (nSPS) is 25.1. The van der Waals surface area contributed by atoms with Crippen molar-refractivity contribution in [2.24, 2.45) is 22.6 Å². The molecule has 6 rings (SSSR count). The SMILES string of the molecule is CO[C@@H]1C(OC(C(C(=O)O)N(CCCNC(=O)C(NC(=O)C(NC(=O)NC(C(=O)O)C(C)C)C2CCN=C(N)N2)C(O)C(C)C)Cc2ccccc2)[C@H]2O[C@@H](n3ccc(=O)[nH]c3=O)[C@H](O)[C@H]2O)O[C@H](CNCc2ccccc2)[C@@H]1O. The first-order valence-electron chi connectivity index (χ1n) is 26.3. The van der Waals surface area contributed by atoms with Crippen LogP contribution in [0.1, 0.15) is 57.9 Å². The monoisotopic (exact) mass is 1130 g/mol. The minimum atomic E-state index is -1.95. The maximum atomic E-state index is 14.2. The van der Waals surface area contributed by atoms with Crippen molar-refractivity contribution < 1.29 is 73.6 Å². The number of nitrogens with two attached hydrogens (primary N) is 1. The number of carbonyl (C=O) groups is 5. The lowest BCUT2D eigenvalue weighted by Crippen LogP contribution is -2.66. The smallest absolute Gasteiger partial charge is 0.330 e. The zero-order chi connectivity index (χ0) is 58.4. The maximum absolute atomic E-state index is 14.2. The van der Waals surface area contributed by atoms with Gasteiger partial charge in [0.1, 0.15) is 66.9 Å². The van der Waals surface area contributed by atoms with Gasteiger partial charge in [-0.3, -0.25) is 38.6 Å². The molecule has 0 radical (unpaired) electrons. The van der Waals surface area contributed by atoms with Crippen LogP contribution >= 0.6 is 0 Å². The molecule has 2 fully saturated rings. The predicted octanol–water partition coefficient (Wildman–Crippen LogP) is -3.15. The number of carboxylic acids is 2. The van der Waals surface area contributed by atoms with Crippen LogP contribution in [0.2, 0.25) is 0 Å². The highest BCUT2D eigenvalue weighted by Crippen LogP contribution is 2.36. The summed E-state index contributed by atoms with van der Waals surface area (Å²) < 4.78 is 25.4. The number of methoxy groups -OCH3 is 1. The number of aliphatic imine (C=N–C) groups is 1. The average molecular weight is 1130 g/mol. The summed E-state index contributed by atoms with van der Waals surface area (Å²) in [5.41, 5.74) is 5.69. The molecular formula is C52H75N11O17. The van der Waals surface area contributed by atoms with E-state index in [4.69, 9.17) is 24.7 Å². The number of aliphatic carboxylic acids is 2. The number of ether oxygens (including phenoxy) is 4. The largest absolute Gasteiger partial charge is 0.480 e. The molecule has 0 saturated carbocycles. The second-order valence-corrected chi connectivity index (χ2v) is 20.5. The van der Waals surface area contributed by atoms with E-state index in [2.05, 4.69) is 41.9 Å². The van der Waals surface area contributed by atoms with Crippen LogP contribution in [0.5, 0.6) is 0 Å². The topological polar surface area (TPSA) is 412 Å². The number of aromatic nitrogens is 2. The lowest BCUT2D eigenvalue weighted by atomic mass is 9.96. The maximum Gasteiger partial charge on any atom is 0.330 e. The van der Waals surface area contributed by atoms with Gasteiger partial charge in [0.25, 0.3) is 5.56 Å². The Labute approximate surface area is 460 Å². The molecule has 2 saturated heterocycles. The lowest BCUT2D eigenvalue weighted by Gasteiger charge is -2.39. The summed E-state index contributed by atoms with van der Waals surface area (Å²) in [7, 11) is 1.28. The molecule has 28 nitrogen and oxygen atoms in total. The molecule has 0 bridgehead atoms. The van der Waals surface area contributed by atoms with Gasteiger partial charge in [0.15, 0.2) is 18.5 Å². The van der Waals surface area contributed by atoms with Gasteiger partial charge in [-0.2, -0.15) is 0 Å². The van der Waals surface area contributed by atoms with Gasteiger partial charge in [0.2, 0.25) is 11.8 Å². The number of hydrogen-bond donors (Lipinski definition) is 14. The molecular weight excluding hydrogens is 1050 g/mol. The molecule has 4 heterocycles. The number of H-pyrrole nitrogens is 1. The Bertz CT molecular complexity index is 2680. The molecule has 0 aliphatic carbocycles. The molecule has 1 aromatic heterocycles. The number of urea groups is 1. The van der Waals surface area contributed by atoms with E-state index in [0.29, 0.717) is 12.1 Å². The van der Waals surface area contributed by atoms with E-state index in [9.17, 15) is 64.2 Å².